The van der Waals surface area contributed by atoms with E-state index in [1.165, 1.54) is 6.07 Å². The van der Waals surface area contributed by atoms with E-state index in [0.717, 1.165) is 28.2 Å². The van der Waals surface area contributed by atoms with Crippen LogP contribution in [0.2, 0.25) is 0 Å². The number of nitrogens with zero attached hydrogens (tertiary/aromatic N) is 2. The van der Waals surface area contributed by atoms with Gasteiger partial charge in [0.1, 0.15) is 11.9 Å². The maximum Gasteiger partial charge on any atom is 0.269 e. The lowest BCUT2D eigenvalue weighted by Gasteiger charge is -2.25. The molecule has 3 aromatic rings. The first kappa shape index (κ1) is 15.1. The Morgan fingerprint density at radius 2 is 1.60 bits per heavy atom. The highest BCUT2D eigenvalue weighted by Crippen LogP contribution is 2.37. The lowest BCUT2D eigenvalue weighted by Crippen LogP contribution is -2.22. The third-order valence-electron chi connectivity index (χ3n) is 4.21. The molecule has 0 bridgehead atoms. The number of hydrogen-bond donors (Lipinski definition) is 1. The quantitative estimate of drug-likeness (QED) is 0.566. The summed E-state index contributed by atoms with van der Waals surface area (Å²) in [6, 6.07) is 24.3. The Labute approximate surface area is 144 Å². The lowest BCUT2D eigenvalue weighted by molar-refractivity contribution is -0.384. The number of rotatable bonds is 3. The van der Waals surface area contributed by atoms with E-state index in [1.54, 1.807) is 12.1 Å². The monoisotopic (exact) mass is 329 g/mol. The third kappa shape index (κ3) is 2.87. The van der Waals surface area contributed by atoms with Crippen LogP contribution in [-0.4, -0.2) is 10.8 Å². The van der Waals surface area contributed by atoms with E-state index in [2.05, 4.69) is 5.32 Å². The third-order valence-corrected chi connectivity index (χ3v) is 4.21. The second kappa shape index (κ2) is 6.20. The number of nitrogens with one attached hydrogen (secondary N) is 1. The van der Waals surface area contributed by atoms with E-state index >= 15 is 0 Å². The Hall–Kier alpha value is -3.47. The number of hydrogen-bond acceptors (Lipinski definition) is 4. The van der Waals surface area contributed by atoms with Crippen LogP contribution in [0.15, 0.2) is 83.9 Å². The highest BCUT2D eigenvalue weighted by molar-refractivity contribution is 6.10. The van der Waals surface area contributed by atoms with E-state index in [1.807, 2.05) is 60.7 Å². The van der Waals surface area contributed by atoms with Crippen molar-refractivity contribution in [2.24, 2.45) is 4.99 Å². The Morgan fingerprint density at radius 3 is 2.28 bits per heavy atom. The van der Waals surface area contributed by atoms with Gasteiger partial charge >= 0.3 is 0 Å². The zero-order valence-corrected chi connectivity index (χ0v) is 13.3. The summed E-state index contributed by atoms with van der Waals surface area (Å²) in [4.78, 5) is 15.6. The summed E-state index contributed by atoms with van der Waals surface area (Å²) in [5.74, 6) is 0.760. The van der Waals surface area contributed by atoms with E-state index < -0.39 is 0 Å². The van der Waals surface area contributed by atoms with E-state index in [4.69, 9.17) is 4.99 Å². The number of non-ortho nitro benzene ring substituents is 1. The van der Waals surface area contributed by atoms with Crippen LogP contribution in [0.25, 0.3) is 0 Å². The summed E-state index contributed by atoms with van der Waals surface area (Å²) in [7, 11) is 0. The van der Waals surface area contributed by atoms with Gasteiger partial charge in [0.15, 0.2) is 0 Å². The summed E-state index contributed by atoms with van der Waals surface area (Å²) in [6.45, 7) is 0. The Bertz CT molecular complexity index is 953. The first-order valence-electron chi connectivity index (χ1n) is 7.96. The van der Waals surface area contributed by atoms with Crippen LogP contribution < -0.4 is 5.32 Å². The molecule has 3 aromatic carbocycles. The summed E-state index contributed by atoms with van der Waals surface area (Å²) in [5.41, 5.74) is 3.69. The standard InChI is InChI=1S/C20H15N3O2/c24-23(25)16-11-12-18-17(13-16)19(14-7-3-1-4-8-14)22-20(21-18)15-9-5-2-6-10-15/h1-13,19H,(H,21,22). The molecule has 0 saturated heterocycles. The fourth-order valence-electron chi connectivity index (χ4n) is 2.99. The molecular weight excluding hydrogens is 314 g/mol. The average molecular weight is 329 g/mol. The van der Waals surface area contributed by atoms with E-state index in [9.17, 15) is 10.1 Å². The molecule has 1 aliphatic heterocycles. The van der Waals surface area contributed by atoms with Crippen LogP contribution in [0, 0.1) is 10.1 Å². The van der Waals surface area contributed by atoms with Gasteiger partial charge in [0, 0.05) is 28.9 Å². The maximum absolute atomic E-state index is 11.2. The predicted molar refractivity (Wildman–Crippen MR) is 98.0 cm³/mol. The number of benzene rings is 3. The Morgan fingerprint density at radius 1 is 0.920 bits per heavy atom. The number of amidine groups is 1. The van der Waals surface area contributed by atoms with Gasteiger partial charge in [-0.05, 0) is 11.6 Å². The van der Waals surface area contributed by atoms with Crippen molar-refractivity contribution in [3.8, 4) is 0 Å². The minimum absolute atomic E-state index is 0.0693. The van der Waals surface area contributed by atoms with Gasteiger partial charge in [0.2, 0.25) is 0 Å². The molecule has 0 spiro atoms. The molecule has 4 rings (SSSR count). The van der Waals surface area contributed by atoms with Gasteiger partial charge in [-0.25, -0.2) is 0 Å². The largest absolute Gasteiger partial charge is 0.340 e. The molecule has 0 fully saturated rings. The number of nitro groups is 1. The van der Waals surface area contributed by atoms with Crippen LogP contribution in [0.1, 0.15) is 22.7 Å². The minimum atomic E-state index is -0.376. The van der Waals surface area contributed by atoms with Crippen molar-refractivity contribution >= 4 is 17.2 Å². The summed E-state index contributed by atoms with van der Waals surface area (Å²) < 4.78 is 0. The van der Waals surface area contributed by atoms with Gasteiger partial charge in [-0.15, -0.1) is 0 Å². The Balaban J connectivity index is 1.87. The van der Waals surface area contributed by atoms with Crippen molar-refractivity contribution in [1.82, 2.24) is 0 Å². The molecule has 25 heavy (non-hydrogen) atoms. The fraction of sp³-hybridized carbons (Fsp3) is 0.0500. The molecule has 1 N–H and O–H groups in total. The molecule has 1 heterocycles. The molecule has 0 aliphatic carbocycles. The SMILES string of the molecule is O=[N+]([O-])c1ccc2c(c1)C(c1ccccc1)N=C(c1ccccc1)N2. The highest BCUT2D eigenvalue weighted by Gasteiger charge is 2.25. The van der Waals surface area contributed by atoms with Crippen LogP contribution in [0.4, 0.5) is 11.4 Å². The first-order chi connectivity index (χ1) is 12.2. The summed E-state index contributed by atoms with van der Waals surface area (Å²) >= 11 is 0. The number of anilines is 1. The minimum Gasteiger partial charge on any atom is -0.340 e. The van der Waals surface area contributed by atoms with E-state index in [-0.39, 0.29) is 16.7 Å². The highest BCUT2D eigenvalue weighted by atomic mass is 16.6. The van der Waals surface area contributed by atoms with E-state index in [0.29, 0.717) is 0 Å². The Kier molecular flexibility index (Phi) is 3.74. The van der Waals surface area contributed by atoms with Crippen molar-refractivity contribution in [1.29, 1.82) is 0 Å². The molecule has 1 unspecified atom stereocenters. The molecule has 5 nitrogen and oxygen atoms in total. The smallest absolute Gasteiger partial charge is 0.269 e. The summed E-state index contributed by atoms with van der Waals surface area (Å²) in [5, 5.41) is 14.5. The topological polar surface area (TPSA) is 67.5 Å². The molecule has 5 heteroatoms. The van der Waals surface area contributed by atoms with Crippen LogP contribution in [0.5, 0.6) is 0 Å². The predicted octanol–water partition coefficient (Wildman–Crippen LogP) is 4.56. The van der Waals surface area contributed by atoms with Crippen molar-refractivity contribution in [2.75, 3.05) is 5.32 Å². The normalized spacial score (nSPS) is 15.7. The zero-order valence-electron chi connectivity index (χ0n) is 13.3. The molecule has 1 aliphatic rings. The molecule has 122 valence electrons. The van der Waals surface area contributed by atoms with Gasteiger partial charge in [-0.2, -0.15) is 0 Å². The molecule has 0 amide bonds. The van der Waals surface area contributed by atoms with Gasteiger partial charge in [0.25, 0.3) is 5.69 Å². The number of aliphatic imine (C=N–C) groups is 1. The second-order valence-corrected chi connectivity index (χ2v) is 5.81. The van der Waals surface area contributed by atoms with Crippen LogP contribution >= 0.6 is 0 Å². The van der Waals surface area contributed by atoms with Gasteiger partial charge in [0.05, 0.1) is 4.92 Å². The fourth-order valence-corrected chi connectivity index (χ4v) is 2.99. The average Bonchev–Trinajstić information content (AvgIpc) is 2.68. The lowest BCUT2D eigenvalue weighted by atomic mass is 9.95. The van der Waals surface area contributed by atoms with Crippen molar-refractivity contribution in [2.45, 2.75) is 6.04 Å². The molecule has 0 aromatic heterocycles. The number of nitro benzene ring substituents is 1. The van der Waals surface area contributed by atoms with Crippen LogP contribution in [0.3, 0.4) is 0 Å². The van der Waals surface area contributed by atoms with Gasteiger partial charge in [-0.1, -0.05) is 60.7 Å². The second-order valence-electron chi connectivity index (χ2n) is 5.81. The van der Waals surface area contributed by atoms with Crippen molar-refractivity contribution in [3.63, 3.8) is 0 Å². The van der Waals surface area contributed by atoms with Gasteiger partial charge < -0.3 is 5.32 Å². The molecule has 0 radical (unpaired) electrons. The van der Waals surface area contributed by atoms with Crippen molar-refractivity contribution in [3.05, 3.63) is 106 Å². The summed E-state index contributed by atoms with van der Waals surface area (Å²) in [6.07, 6.45) is 0. The molecule has 1 atom stereocenters. The van der Waals surface area contributed by atoms with Crippen molar-refractivity contribution < 1.29 is 4.92 Å². The number of fused-ring (bicyclic) bond motifs is 1. The first-order valence-corrected chi connectivity index (χ1v) is 7.96. The van der Waals surface area contributed by atoms with Crippen LogP contribution in [-0.2, 0) is 0 Å². The molecule has 0 saturated carbocycles. The zero-order chi connectivity index (χ0) is 17.2. The maximum atomic E-state index is 11.2. The molecular formula is C20H15N3O2. The van der Waals surface area contributed by atoms with Gasteiger partial charge in [-0.3, -0.25) is 15.1 Å².